The average Bonchev–Trinajstić information content (AvgIpc) is 4.09. The quantitative estimate of drug-likeness (QED) is 0.177. The molecule has 0 aromatic carbocycles. The Kier molecular flexibility index (Phi) is 16.3. The van der Waals surface area contributed by atoms with Gasteiger partial charge in [-0.1, -0.05) is 26.0 Å². The minimum absolute atomic E-state index is 0.0398. The zero-order valence-corrected chi connectivity index (χ0v) is 40.9. The Morgan fingerprint density at radius 1 is 0.597 bits per heavy atom. The van der Waals surface area contributed by atoms with Crippen LogP contribution in [0.2, 0.25) is 0 Å². The number of ether oxygens (including phenoxy) is 2. The topological polar surface area (TPSA) is 191 Å². The van der Waals surface area contributed by atoms with Crippen LogP contribution >= 0.6 is 22.7 Å². The van der Waals surface area contributed by atoms with E-state index in [0.717, 1.165) is 85.1 Å². The first-order valence-electron chi connectivity index (χ1n) is 25.1. The zero-order chi connectivity index (χ0) is 47.4. The number of Topliss-reactive ketones (excluding diaryl/α,β-unsaturated/α-hetero) is 1. The number of anilines is 2. The van der Waals surface area contributed by atoms with Crippen LogP contribution in [0.15, 0.2) is 24.3 Å². The second-order valence-electron chi connectivity index (χ2n) is 20.5. The Morgan fingerprint density at radius 2 is 1.03 bits per heavy atom. The number of aliphatic hydroxyl groups is 2. The molecule has 13 nitrogen and oxygen atoms in total. The Bertz CT molecular complexity index is 2170. The van der Waals surface area contributed by atoms with Crippen LogP contribution in [0.3, 0.4) is 0 Å². The molecule has 7 aliphatic rings. The summed E-state index contributed by atoms with van der Waals surface area (Å²) in [5.41, 5.74) is 3.14. The molecule has 0 radical (unpaired) electrons. The van der Waals surface area contributed by atoms with E-state index in [1.165, 1.54) is 22.7 Å². The van der Waals surface area contributed by atoms with Crippen molar-refractivity contribution in [2.45, 2.75) is 185 Å². The number of aromatic carboxylic acids is 2. The summed E-state index contributed by atoms with van der Waals surface area (Å²) in [6.45, 7) is 5.68. The van der Waals surface area contributed by atoms with E-state index in [0.29, 0.717) is 113 Å². The lowest BCUT2D eigenvalue weighted by Gasteiger charge is -2.38. The minimum atomic E-state index is -1.02. The third kappa shape index (κ3) is 11.7. The van der Waals surface area contributed by atoms with Crippen molar-refractivity contribution in [1.29, 1.82) is 0 Å². The number of nitrogens with zero attached hydrogens (tertiary/aromatic N) is 2. The van der Waals surface area contributed by atoms with Gasteiger partial charge in [0.2, 0.25) is 11.8 Å². The number of carboxylic acid groups (broad SMARTS) is 2. The average molecular weight is 963 g/mol. The summed E-state index contributed by atoms with van der Waals surface area (Å²) in [5, 5.41) is 40.2. The molecule has 67 heavy (non-hydrogen) atoms. The smallest absolute Gasteiger partial charge is 0.348 e. The molecule has 0 unspecified atom stereocenters. The monoisotopic (exact) mass is 962 g/mol. The van der Waals surface area contributed by atoms with Gasteiger partial charge < -0.3 is 39.7 Å². The molecule has 2 amide bonds. The van der Waals surface area contributed by atoms with Crippen molar-refractivity contribution < 1.29 is 53.9 Å². The molecule has 9 rings (SSSR count). The number of allylic oxidation sites excluding steroid dienone is 3. The number of aliphatic hydroxyl groups excluding tert-OH is 2. The number of amides is 2. The molecule has 5 fully saturated rings. The molecule has 3 heterocycles. The lowest BCUT2D eigenvalue weighted by Crippen LogP contribution is -2.47. The Balaban J connectivity index is 0.000000182. The molecular weight excluding hydrogens is 893 g/mol. The molecule has 6 aliphatic carbocycles. The second kappa shape index (κ2) is 21.9. The van der Waals surface area contributed by atoms with Crippen LogP contribution in [0, 0.1) is 23.7 Å². The van der Waals surface area contributed by atoms with Crippen molar-refractivity contribution in [2.75, 3.05) is 23.0 Å². The van der Waals surface area contributed by atoms with Crippen LogP contribution < -0.4 is 9.80 Å². The first kappa shape index (κ1) is 49.7. The Labute approximate surface area is 402 Å². The molecular formula is C52H70N2O11S2. The Morgan fingerprint density at radius 3 is 1.40 bits per heavy atom. The highest BCUT2D eigenvalue weighted by Crippen LogP contribution is 2.46. The van der Waals surface area contributed by atoms with Gasteiger partial charge in [0.05, 0.1) is 36.8 Å². The first-order valence-corrected chi connectivity index (χ1v) is 26.8. The van der Waals surface area contributed by atoms with E-state index in [4.69, 9.17) is 9.47 Å². The largest absolute Gasteiger partial charge is 0.477 e. The van der Waals surface area contributed by atoms with Crippen LogP contribution in [0.5, 0.6) is 0 Å². The highest BCUT2D eigenvalue weighted by atomic mass is 32.1. The molecule has 2 aromatic rings. The number of hydrogen-bond donors (Lipinski definition) is 4. The first-order chi connectivity index (χ1) is 32.2. The zero-order valence-electron chi connectivity index (χ0n) is 39.3. The van der Waals surface area contributed by atoms with E-state index in [1.54, 1.807) is 4.90 Å². The molecule has 1 saturated heterocycles. The highest BCUT2D eigenvalue weighted by Gasteiger charge is 2.41. The highest BCUT2D eigenvalue weighted by molar-refractivity contribution is 7.16. The maximum atomic E-state index is 13.9. The predicted molar refractivity (Wildman–Crippen MR) is 260 cm³/mol. The van der Waals surface area contributed by atoms with Gasteiger partial charge in [-0.3, -0.25) is 14.4 Å². The van der Waals surface area contributed by atoms with Gasteiger partial charge in [0.1, 0.15) is 15.5 Å². The van der Waals surface area contributed by atoms with E-state index in [2.05, 4.69) is 19.9 Å². The van der Waals surface area contributed by atoms with Gasteiger partial charge in [-0.15, -0.1) is 22.7 Å². The van der Waals surface area contributed by atoms with Crippen LogP contribution in [0.1, 0.15) is 184 Å². The lowest BCUT2D eigenvalue weighted by molar-refractivity contribution is -0.159. The molecule has 366 valence electrons. The summed E-state index contributed by atoms with van der Waals surface area (Å²) in [4.78, 5) is 69.8. The van der Waals surface area contributed by atoms with Crippen LogP contribution in [-0.4, -0.2) is 93.3 Å². The third-order valence-electron chi connectivity index (χ3n) is 15.7. The van der Waals surface area contributed by atoms with Crippen molar-refractivity contribution in [3.05, 3.63) is 43.8 Å². The van der Waals surface area contributed by atoms with E-state index in [9.17, 15) is 44.4 Å². The maximum Gasteiger partial charge on any atom is 0.348 e. The standard InChI is InChI=1S/C27H37NO6S.C25H33NO5S/c1-17-2-4-19(5-3-17)25(30)28(20-6-8-21(29)9-7-20)22-16-23(35-24(22)26(31)32)18-10-12-27(13-11-18)33-14-15-34-27;1-15-2-4-17(5-3-15)24(29)26(18-8-12-20(28)13-9-18)21-14-22(32-23(21)25(30)31)16-6-10-19(27)11-7-16/h10,16-17,19-21,29H,2-9,11-15H2,1H3,(H,31,32);6,14-15,17-18,20,28H,2-5,7-13H2,1H3,(H,30,31). The van der Waals surface area contributed by atoms with Crippen LogP contribution in [0.25, 0.3) is 11.1 Å². The fourth-order valence-electron chi connectivity index (χ4n) is 11.5. The van der Waals surface area contributed by atoms with Crippen LogP contribution in [0.4, 0.5) is 11.4 Å². The third-order valence-corrected chi connectivity index (χ3v) is 18.1. The number of ketones is 1. The summed E-state index contributed by atoms with van der Waals surface area (Å²) in [6, 6.07) is 3.63. The van der Waals surface area contributed by atoms with Gasteiger partial charge in [-0.05, 0) is 151 Å². The molecule has 2 aromatic heterocycles. The number of carbonyl (C=O) groups excluding carboxylic acids is 3. The predicted octanol–water partition coefficient (Wildman–Crippen LogP) is 10.3. The van der Waals surface area contributed by atoms with Gasteiger partial charge in [0.25, 0.3) is 0 Å². The molecule has 1 aliphatic heterocycles. The summed E-state index contributed by atoms with van der Waals surface area (Å²) < 4.78 is 11.7. The fraction of sp³-hybridized carbons (Fsp3) is 0.673. The van der Waals surface area contributed by atoms with Gasteiger partial charge in [0, 0.05) is 59.4 Å². The van der Waals surface area contributed by atoms with E-state index >= 15 is 0 Å². The SMILES string of the molecule is CC1CCC(C(=O)N(c2cc(C3=CCC(=O)CC3)sc2C(=O)O)C2CCC(O)CC2)CC1.CC1CCC(C(=O)N(c2cc(C3=CCC4(CC3)OCCO4)sc2C(=O)O)C2CCC(O)CC2)CC1. The molecule has 15 heteroatoms. The van der Waals surface area contributed by atoms with E-state index in [-0.39, 0.29) is 63.5 Å². The Hall–Kier alpha value is -3.73. The molecule has 0 bridgehead atoms. The molecule has 0 atom stereocenters. The fourth-order valence-corrected chi connectivity index (χ4v) is 13.6. The second-order valence-corrected chi connectivity index (χ2v) is 22.6. The van der Waals surface area contributed by atoms with Crippen molar-refractivity contribution in [3.8, 4) is 0 Å². The number of carboxylic acids is 2. The molecule has 4 saturated carbocycles. The van der Waals surface area contributed by atoms with Crippen LogP contribution in [-0.2, 0) is 23.9 Å². The van der Waals surface area contributed by atoms with Gasteiger partial charge in [-0.25, -0.2) is 9.59 Å². The van der Waals surface area contributed by atoms with Crippen molar-refractivity contribution in [1.82, 2.24) is 0 Å². The van der Waals surface area contributed by atoms with Gasteiger partial charge in [0.15, 0.2) is 5.79 Å². The molecule has 4 N–H and O–H groups in total. The number of hydrogen-bond acceptors (Lipinski definition) is 11. The van der Waals surface area contributed by atoms with Crippen molar-refractivity contribution >= 4 is 74.7 Å². The number of carbonyl (C=O) groups is 5. The van der Waals surface area contributed by atoms with Crippen molar-refractivity contribution in [2.24, 2.45) is 23.7 Å². The minimum Gasteiger partial charge on any atom is -0.477 e. The van der Waals surface area contributed by atoms with Gasteiger partial charge in [-0.2, -0.15) is 0 Å². The van der Waals surface area contributed by atoms with Gasteiger partial charge >= 0.3 is 11.9 Å². The lowest BCUT2D eigenvalue weighted by atomic mass is 9.81. The summed E-state index contributed by atoms with van der Waals surface area (Å²) >= 11 is 2.48. The summed E-state index contributed by atoms with van der Waals surface area (Å²) in [5.74, 6) is -1.10. The summed E-state index contributed by atoms with van der Waals surface area (Å²) in [6.07, 6.45) is 19.8. The van der Waals surface area contributed by atoms with E-state index < -0.39 is 17.7 Å². The van der Waals surface area contributed by atoms with E-state index in [1.807, 2.05) is 23.1 Å². The normalized spacial score (nSPS) is 29.8. The molecule has 1 spiro atoms. The van der Waals surface area contributed by atoms with Crippen molar-refractivity contribution in [3.63, 3.8) is 0 Å². The number of rotatable bonds is 10. The maximum absolute atomic E-state index is 13.9. The summed E-state index contributed by atoms with van der Waals surface area (Å²) in [7, 11) is 0. The number of thiophene rings is 2.